The van der Waals surface area contributed by atoms with Crippen molar-refractivity contribution in [1.82, 2.24) is 4.90 Å². The molecule has 0 spiro atoms. The first-order chi connectivity index (χ1) is 11.7. The summed E-state index contributed by atoms with van der Waals surface area (Å²) < 4.78 is 5.43. The Hall–Kier alpha value is -1.91. The monoisotopic (exact) mass is 339 g/mol. The number of aryl methyl sites for hydroxylation is 1. The highest BCUT2D eigenvalue weighted by atomic mass is 32.1. The van der Waals surface area contributed by atoms with Gasteiger partial charge in [-0.05, 0) is 54.0 Å². The first kappa shape index (κ1) is 15.6. The first-order valence-corrected chi connectivity index (χ1v) is 9.39. The van der Waals surface area contributed by atoms with Gasteiger partial charge in [0.1, 0.15) is 5.58 Å². The van der Waals surface area contributed by atoms with E-state index < -0.39 is 0 Å². The van der Waals surface area contributed by atoms with Crippen LogP contribution in [-0.4, -0.2) is 11.4 Å². The SMILES string of the molecule is CCc1ccc2c(CN3CCc4sccc4[C@@H]3C)cc(=O)oc2c1. The van der Waals surface area contributed by atoms with Crippen LogP contribution in [0.4, 0.5) is 0 Å². The molecule has 3 aromatic rings. The Labute approximate surface area is 145 Å². The van der Waals surface area contributed by atoms with Crippen molar-refractivity contribution in [2.75, 3.05) is 6.54 Å². The summed E-state index contributed by atoms with van der Waals surface area (Å²) in [5, 5.41) is 3.24. The van der Waals surface area contributed by atoms with Crippen LogP contribution in [0.1, 0.15) is 41.5 Å². The van der Waals surface area contributed by atoms with Crippen LogP contribution in [0.5, 0.6) is 0 Å². The maximum Gasteiger partial charge on any atom is 0.336 e. The maximum absolute atomic E-state index is 12.0. The summed E-state index contributed by atoms with van der Waals surface area (Å²) in [7, 11) is 0. The van der Waals surface area contributed by atoms with Gasteiger partial charge in [0.15, 0.2) is 0 Å². The molecule has 0 aliphatic carbocycles. The molecule has 0 radical (unpaired) electrons. The van der Waals surface area contributed by atoms with E-state index in [-0.39, 0.29) is 5.63 Å². The van der Waals surface area contributed by atoms with Gasteiger partial charge in [0.2, 0.25) is 0 Å². The summed E-state index contributed by atoms with van der Waals surface area (Å²) in [5.41, 5.74) is 4.14. The molecule has 0 unspecified atom stereocenters. The van der Waals surface area contributed by atoms with Crippen molar-refractivity contribution >= 4 is 22.3 Å². The van der Waals surface area contributed by atoms with Gasteiger partial charge < -0.3 is 4.42 Å². The van der Waals surface area contributed by atoms with Gasteiger partial charge in [-0.25, -0.2) is 4.79 Å². The van der Waals surface area contributed by atoms with Gasteiger partial charge in [-0.2, -0.15) is 0 Å². The normalized spacial score (nSPS) is 18.0. The predicted octanol–water partition coefficient (Wildman–Crippen LogP) is 4.54. The largest absolute Gasteiger partial charge is 0.423 e. The topological polar surface area (TPSA) is 33.5 Å². The van der Waals surface area contributed by atoms with Crippen molar-refractivity contribution in [3.8, 4) is 0 Å². The number of hydrogen-bond acceptors (Lipinski definition) is 4. The molecule has 2 aromatic heterocycles. The molecule has 4 heteroatoms. The lowest BCUT2D eigenvalue weighted by Crippen LogP contribution is -2.32. The lowest BCUT2D eigenvalue weighted by molar-refractivity contribution is 0.192. The van der Waals surface area contributed by atoms with Crippen LogP contribution in [0.25, 0.3) is 11.0 Å². The van der Waals surface area contributed by atoms with Crippen LogP contribution in [0.3, 0.4) is 0 Å². The van der Waals surface area contributed by atoms with Crippen LogP contribution < -0.4 is 5.63 Å². The Kier molecular flexibility index (Phi) is 4.02. The second-order valence-electron chi connectivity index (χ2n) is 6.47. The summed E-state index contributed by atoms with van der Waals surface area (Å²) in [6.45, 7) is 6.18. The molecule has 1 atom stereocenters. The van der Waals surface area contributed by atoms with E-state index in [0.717, 1.165) is 36.9 Å². The zero-order valence-corrected chi connectivity index (χ0v) is 14.9. The van der Waals surface area contributed by atoms with Crippen molar-refractivity contribution in [3.05, 3.63) is 67.7 Å². The molecule has 1 aromatic carbocycles. The number of nitrogens with zero attached hydrogens (tertiary/aromatic N) is 1. The van der Waals surface area contributed by atoms with E-state index in [0.29, 0.717) is 11.6 Å². The molecule has 0 fully saturated rings. The van der Waals surface area contributed by atoms with Gasteiger partial charge in [-0.3, -0.25) is 4.90 Å². The minimum Gasteiger partial charge on any atom is -0.423 e. The fourth-order valence-electron chi connectivity index (χ4n) is 3.62. The molecule has 3 heterocycles. The predicted molar refractivity (Wildman–Crippen MR) is 98.7 cm³/mol. The van der Waals surface area contributed by atoms with Gasteiger partial charge in [-0.15, -0.1) is 11.3 Å². The van der Waals surface area contributed by atoms with Crippen molar-refractivity contribution in [3.63, 3.8) is 0 Å². The van der Waals surface area contributed by atoms with Gasteiger partial charge in [0, 0.05) is 35.5 Å². The molecule has 0 amide bonds. The second kappa shape index (κ2) is 6.19. The van der Waals surface area contributed by atoms with Crippen molar-refractivity contribution < 1.29 is 4.42 Å². The van der Waals surface area contributed by atoms with Crippen LogP contribution in [0.15, 0.2) is 44.9 Å². The summed E-state index contributed by atoms with van der Waals surface area (Å²) in [4.78, 5) is 16.0. The number of hydrogen-bond donors (Lipinski definition) is 0. The average molecular weight is 339 g/mol. The van der Waals surface area contributed by atoms with Crippen LogP contribution >= 0.6 is 11.3 Å². The third-order valence-electron chi connectivity index (χ3n) is 5.08. The zero-order valence-electron chi connectivity index (χ0n) is 14.0. The quantitative estimate of drug-likeness (QED) is 0.657. The van der Waals surface area contributed by atoms with Crippen molar-refractivity contribution in [1.29, 1.82) is 0 Å². The van der Waals surface area contributed by atoms with Crippen LogP contribution in [0, 0.1) is 0 Å². The highest BCUT2D eigenvalue weighted by Crippen LogP contribution is 2.34. The highest BCUT2D eigenvalue weighted by molar-refractivity contribution is 7.10. The van der Waals surface area contributed by atoms with E-state index in [2.05, 4.69) is 42.3 Å². The molecule has 1 aliphatic rings. The van der Waals surface area contributed by atoms with E-state index in [9.17, 15) is 4.79 Å². The van der Waals surface area contributed by atoms with Crippen molar-refractivity contribution in [2.45, 2.75) is 39.3 Å². The van der Waals surface area contributed by atoms with Gasteiger partial charge in [0.25, 0.3) is 0 Å². The molecule has 4 rings (SSSR count). The molecule has 1 aliphatic heterocycles. The van der Waals surface area contributed by atoms with Crippen molar-refractivity contribution in [2.24, 2.45) is 0 Å². The summed E-state index contributed by atoms with van der Waals surface area (Å²) in [6.07, 6.45) is 2.03. The van der Waals surface area contributed by atoms with Gasteiger partial charge >= 0.3 is 5.63 Å². The third-order valence-corrected chi connectivity index (χ3v) is 6.08. The minimum atomic E-state index is -0.258. The molecule has 3 nitrogen and oxygen atoms in total. The number of thiophene rings is 1. The number of benzene rings is 1. The molecule has 124 valence electrons. The second-order valence-corrected chi connectivity index (χ2v) is 7.47. The van der Waals surface area contributed by atoms with E-state index in [1.165, 1.54) is 16.0 Å². The molecule has 0 saturated heterocycles. The van der Waals surface area contributed by atoms with E-state index in [1.54, 1.807) is 6.07 Å². The average Bonchev–Trinajstić information content (AvgIpc) is 3.06. The Morgan fingerprint density at radius 3 is 3.00 bits per heavy atom. The molecule has 0 N–H and O–H groups in total. The standard InChI is InChI=1S/C20H21NO2S/c1-3-14-4-5-17-15(11-20(22)23-18(17)10-14)12-21-8-6-19-16(13(21)2)7-9-24-19/h4-5,7,9-11,13H,3,6,8,12H2,1-2H3/t13-/m0/s1. The smallest absolute Gasteiger partial charge is 0.336 e. The molecule has 24 heavy (non-hydrogen) atoms. The van der Waals surface area contributed by atoms with Crippen LogP contribution in [0.2, 0.25) is 0 Å². The van der Waals surface area contributed by atoms with Crippen LogP contribution in [-0.2, 0) is 19.4 Å². The Balaban J connectivity index is 1.71. The third kappa shape index (κ3) is 2.70. The zero-order chi connectivity index (χ0) is 16.7. The van der Waals surface area contributed by atoms with E-state index >= 15 is 0 Å². The number of fused-ring (bicyclic) bond motifs is 2. The first-order valence-electron chi connectivity index (χ1n) is 8.51. The fourth-order valence-corrected chi connectivity index (χ4v) is 4.58. The molecule has 0 bridgehead atoms. The molecule has 0 saturated carbocycles. The maximum atomic E-state index is 12.0. The van der Waals surface area contributed by atoms with E-state index in [4.69, 9.17) is 4.42 Å². The summed E-state index contributed by atoms with van der Waals surface area (Å²) in [5.74, 6) is 0. The highest BCUT2D eigenvalue weighted by Gasteiger charge is 2.25. The van der Waals surface area contributed by atoms with Gasteiger partial charge in [-0.1, -0.05) is 19.1 Å². The number of rotatable bonds is 3. The Bertz CT molecular complexity index is 940. The fraction of sp³-hybridized carbons (Fsp3) is 0.350. The molecular weight excluding hydrogens is 318 g/mol. The lowest BCUT2D eigenvalue weighted by atomic mass is 9.99. The Morgan fingerprint density at radius 1 is 1.29 bits per heavy atom. The Morgan fingerprint density at radius 2 is 2.17 bits per heavy atom. The van der Waals surface area contributed by atoms with E-state index in [1.807, 2.05) is 17.4 Å². The lowest BCUT2D eigenvalue weighted by Gasteiger charge is -2.33. The summed E-state index contributed by atoms with van der Waals surface area (Å²) >= 11 is 1.85. The minimum absolute atomic E-state index is 0.258. The molecular formula is C20H21NO2S. The summed E-state index contributed by atoms with van der Waals surface area (Å²) in [6, 6.07) is 10.5. The van der Waals surface area contributed by atoms with Gasteiger partial charge in [0.05, 0.1) is 0 Å².